The summed E-state index contributed by atoms with van der Waals surface area (Å²) < 4.78 is 6.60. The number of fused-ring (bicyclic) bond motifs is 1. The molecule has 148 valence electrons. The zero-order valence-corrected chi connectivity index (χ0v) is 17.8. The number of nitrogens with one attached hydrogen (secondary N) is 1. The first-order valence-corrected chi connectivity index (χ1v) is 11.6. The molecule has 5 nitrogen and oxygen atoms in total. The van der Waals surface area contributed by atoms with E-state index in [-0.39, 0.29) is 5.91 Å². The Morgan fingerprint density at radius 3 is 2.86 bits per heavy atom. The molecule has 1 aliphatic rings. The molecule has 0 spiro atoms. The van der Waals surface area contributed by atoms with Gasteiger partial charge in [0.1, 0.15) is 13.1 Å². The second-order valence-electron chi connectivity index (χ2n) is 7.01. The summed E-state index contributed by atoms with van der Waals surface area (Å²) in [5.74, 6) is 0.0593. The third-order valence-electron chi connectivity index (χ3n) is 5.19. The Morgan fingerprint density at radius 2 is 2.11 bits per heavy atom. The van der Waals surface area contributed by atoms with E-state index in [4.69, 9.17) is 9.72 Å². The highest BCUT2D eigenvalue weighted by Crippen LogP contribution is 2.32. The lowest BCUT2D eigenvalue weighted by Gasteiger charge is -2.25. The molecule has 3 heterocycles. The predicted molar refractivity (Wildman–Crippen MR) is 116 cm³/mol. The van der Waals surface area contributed by atoms with Gasteiger partial charge < -0.3 is 9.64 Å². The highest BCUT2D eigenvalue weighted by Gasteiger charge is 2.23. The smallest absolute Gasteiger partial charge is 0.270 e. The molecular formula is C21H26N3O2S2+. The largest absolute Gasteiger partial charge is 0.370 e. The molecule has 0 unspecified atom stereocenters. The van der Waals surface area contributed by atoms with Crippen LogP contribution in [0.5, 0.6) is 0 Å². The van der Waals surface area contributed by atoms with Crippen molar-refractivity contribution in [2.75, 3.05) is 44.3 Å². The molecule has 1 N–H and O–H groups in total. The standard InChI is InChI=1S/C21H25N3O2S2/c1-2-16-6-3-7-17-19(16)22-21(28-17)24(20(25)18-8-4-15-27-18)10-5-9-23-11-13-26-14-12-23/h3-4,6-8,15H,2,5,9-14H2,1H3/p+1. The highest BCUT2D eigenvalue weighted by atomic mass is 32.1. The lowest BCUT2D eigenvalue weighted by molar-refractivity contribution is -0.908. The van der Waals surface area contributed by atoms with Gasteiger partial charge in [0.15, 0.2) is 5.13 Å². The maximum absolute atomic E-state index is 13.2. The first-order chi connectivity index (χ1) is 13.8. The van der Waals surface area contributed by atoms with Crippen molar-refractivity contribution >= 4 is 43.9 Å². The number of nitrogens with zero attached hydrogens (tertiary/aromatic N) is 2. The van der Waals surface area contributed by atoms with Crippen molar-refractivity contribution < 1.29 is 14.4 Å². The maximum atomic E-state index is 13.2. The molecular weight excluding hydrogens is 390 g/mol. The summed E-state index contributed by atoms with van der Waals surface area (Å²) in [7, 11) is 0. The number of benzene rings is 1. The number of carbonyl (C=O) groups is 1. The van der Waals surface area contributed by atoms with E-state index in [9.17, 15) is 4.79 Å². The molecule has 0 radical (unpaired) electrons. The number of anilines is 1. The quantitative estimate of drug-likeness (QED) is 0.644. The Bertz CT molecular complexity index is 917. The summed E-state index contributed by atoms with van der Waals surface area (Å²) in [5.41, 5.74) is 2.27. The number of thiazole rings is 1. The van der Waals surface area contributed by atoms with E-state index in [1.54, 1.807) is 16.2 Å². The monoisotopic (exact) mass is 416 g/mol. The molecule has 0 aliphatic carbocycles. The molecule has 0 atom stereocenters. The highest BCUT2D eigenvalue weighted by molar-refractivity contribution is 7.22. The summed E-state index contributed by atoms with van der Waals surface area (Å²) in [4.78, 5) is 22.3. The fraction of sp³-hybridized carbons (Fsp3) is 0.429. The molecule has 1 aliphatic heterocycles. The first kappa shape index (κ1) is 19.5. The number of quaternary nitrogens is 1. The molecule has 4 rings (SSSR count). The third-order valence-corrected chi connectivity index (χ3v) is 7.09. The van der Waals surface area contributed by atoms with E-state index < -0.39 is 0 Å². The lowest BCUT2D eigenvalue weighted by Crippen LogP contribution is -3.14. The van der Waals surface area contributed by atoms with E-state index in [1.165, 1.54) is 16.9 Å². The van der Waals surface area contributed by atoms with Crippen molar-refractivity contribution in [1.29, 1.82) is 0 Å². The van der Waals surface area contributed by atoms with Gasteiger partial charge in [-0.1, -0.05) is 36.5 Å². The van der Waals surface area contributed by atoms with Crippen LogP contribution in [0.4, 0.5) is 5.13 Å². The van der Waals surface area contributed by atoms with Crippen molar-refractivity contribution in [3.63, 3.8) is 0 Å². The second-order valence-corrected chi connectivity index (χ2v) is 8.97. The average molecular weight is 417 g/mol. The van der Waals surface area contributed by atoms with Crippen LogP contribution >= 0.6 is 22.7 Å². The number of hydrogen-bond donors (Lipinski definition) is 1. The predicted octanol–water partition coefficient (Wildman–Crippen LogP) is 2.87. The van der Waals surface area contributed by atoms with Crippen molar-refractivity contribution in [1.82, 2.24) is 4.98 Å². The van der Waals surface area contributed by atoms with Crippen LogP contribution in [0.2, 0.25) is 0 Å². The van der Waals surface area contributed by atoms with Crippen molar-refractivity contribution in [3.8, 4) is 0 Å². The normalized spacial score (nSPS) is 15.2. The fourth-order valence-corrected chi connectivity index (χ4v) is 5.32. The molecule has 0 saturated carbocycles. The minimum atomic E-state index is 0.0593. The third kappa shape index (κ3) is 4.27. The number of morpholine rings is 1. The van der Waals surface area contributed by atoms with E-state index in [2.05, 4.69) is 25.1 Å². The topological polar surface area (TPSA) is 46.9 Å². The summed E-state index contributed by atoms with van der Waals surface area (Å²) in [5, 5.41) is 2.77. The minimum absolute atomic E-state index is 0.0593. The second kappa shape index (κ2) is 9.13. The van der Waals surface area contributed by atoms with Crippen molar-refractivity contribution in [2.24, 2.45) is 0 Å². The Balaban J connectivity index is 1.56. The van der Waals surface area contributed by atoms with Gasteiger partial charge in [0.2, 0.25) is 0 Å². The zero-order valence-electron chi connectivity index (χ0n) is 16.1. The van der Waals surface area contributed by atoms with Gasteiger partial charge in [-0.3, -0.25) is 9.69 Å². The summed E-state index contributed by atoms with van der Waals surface area (Å²) in [6.07, 6.45) is 1.91. The molecule has 28 heavy (non-hydrogen) atoms. The lowest BCUT2D eigenvalue weighted by atomic mass is 10.1. The fourth-order valence-electron chi connectivity index (χ4n) is 3.61. The summed E-state index contributed by atoms with van der Waals surface area (Å²) in [6, 6.07) is 10.1. The molecule has 7 heteroatoms. The molecule has 0 bridgehead atoms. The van der Waals surface area contributed by atoms with E-state index in [0.717, 1.165) is 65.9 Å². The van der Waals surface area contributed by atoms with Gasteiger partial charge in [0.05, 0.1) is 34.9 Å². The number of hydrogen-bond acceptors (Lipinski definition) is 5. The number of amides is 1. The van der Waals surface area contributed by atoms with Gasteiger partial charge in [-0.05, 0) is 29.5 Å². The van der Waals surface area contributed by atoms with Crippen LogP contribution in [0.15, 0.2) is 35.7 Å². The summed E-state index contributed by atoms with van der Waals surface area (Å²) >= 11 is 3.11. The molecule has 1 aromatic carbocycles. The van der Waals surface area contributed by atoms with Crippen LogP contribution in [0.1, 0.15) is 28.6 Å². The summed E-state index contributed by atoms with van der Waals surface area (Å²) in [6.45, 7) is 7.69. The number of carbonyl (C=O) groups excluding carboxylic acids is 1. The number of para-hydroxylation sites is 1. The minimum Gasteiger partial charge on any atom is -0.370 e. The first-order valence-electron chi connectivity index (χ1n) is 9.91. The van der Waals surface area contributed by atoms with Gasteiger partial charge in [-0.15, -0.1) is 11.3 Å². The number of rotatable bonds is 7. The van der Waals surface area contributed by atoms with Gasteiger partial charge in [0, 0.05) is 13.0 Å². The maximum Gasteiger partial charge on any atom is 0.270 e. The molecule has 2 aromatic heterocycles. The van der Waals surface area contributed by atoms with Gasteiger partial charge in [0.25, 0.3) is 5.91 Å². The number of ether oxygens (including phenoxy) is 1. The average Bonchev–Trinajstić information content (AvgIpc) is 3.41. The SMILES string of the molecule is CCc1cccc2sc(N(CCC[NH+]3CCOCC3)C(=O)c3cccs3)nc12. The van der Waals surface area contributed by atoms with Crippen molar-refractivity contribution in [3.05, 3.63) is 46.2 Å². The zero-order chi connectivity index (χ0) is 19.3. The van der Waals surface area contributed by atoms with Crippen LogP contribution in [-0.4, -0.2) is 50.3 Å². The Kier molecular flexibility index (Phi) is 6.36. The molecule has 3 aromatic rings. The number of thiophene rings is 1. The van der Waals surface area contributed by atoms with Gasteiger partial charge in [-0.25, -0.2) is 4.98 Å². The van der Waals surface area contributed by atoms with E-state index >= 15 is 0 Å². The molecule has 1 saturated heterocycles. The van der Waals surface area contributed by atoms with E-state index in [0.29, 0.717) is 6.54 Å². The molecule has 1 amide bonds. The van der Waals surface area contributed by atoms with Crippen LogP contribution < -0.4 is 9.80 Å². The van der Waals surface area contributed by atoms with Crippen LogP contribution in [0.25, 0.3) is 10.2 Å². The van der Waals surface area contributed by atoms with Crippen LogP contribution in [0, 0.1) is 0 Å². The molecule has 1 fully saturated rings. The van der Waals surface area contributed by atoms with Crippen molar-refractivity contribution in [2.45, 2.75) is 19.8 Å². The Labute approximate surface area is 173 Å². The Hall–Kier alpha value is -1.80. The van der Waals surface area contributed by atoms with Gasteiger partial charge in [-0.2, -0.15) is 0 Å². The Morgan fingerprint density at radius 1 is 1.25 bits per heavy atom. The van der Waals surface area contributed by atoms with Gasteiger partial charge >= 0.3 is 0 Å². The van der Waals surface area contributed by atoms with E-state index in [1.807, 2.05) is 22.4 Å². The number of aryl methyl sites for hydroxylation is 1. The number of aromatic nitrogens is 1. The van der Waals surface area contributed by atoms with Crippen LogP contribution in [-0.2, 0) is 11.2 Å². The van der Waals surface area contributed by atoms with Crippen LogP contribution in [0.3, 0.4) is 0 Å².